The molecule has 4 aromatic rings. The van der Waals surface area contributed by atoms with Crippen molar-refractivity contribution in [3.8, 4) is 0 Å². The summed E-state index contributed by atoms with van der Waals surface area (Å²) in [7, 11) is -9.06. The van der Waals surface area contributed by atoms with E-state index < -0.39 is 41.7 Å². The number of hydrogen-bond donors (Lipinski definition) is 2. The highest BCUT2D eigenvalue weighted by atomic mass is 35.5. The van der Waals surface area contributed by atoms with Gasteiger partial charge in [0.15, 0.2) is 4.90 Å². The van der Waals surface area contributed by atoms with Crippen LogP contribution in [0.2, 0.25) is 5.02 Å². The van der Waals surface area contributed by atoms with Crippen LogP contribution in [0.5, 0.6) is 0 Å². The highest BCUT2D eigenvalue weighted by Gasteiger charge is 2.26. The summed E-state index contributed by atoms with van der Waals surface area (Å²) in [6, 6.07) is 14.0. The van der Waals surface area contributed by atoms with E-state index in [4.69, 9.17) is 16.0 Å². The third-order valence-electron chi connectivity index (χ3n) is 4.33. The molecule has 12 heteroatoms. The second-order valence-corrected chi connectivity index (χ2v) is 10.2. The molecule has 0 spiro atoms. The second kappa shape index (κ2) is 8.08. The maximum atomic E-state index is 14.0. The molecule has 3 aromatic carbocycles. The number of halogens is 3. The smallest absolute Gasteiger partial charge is 0.295 e. The molecule has 166 valence electrons. The van der Waals surface area contributed by atoms with E-state index in [1.165, 1.54) is 12.1 Å². The number of sulfonamides is 2. The van der Waals surface area contributed by atoms with Gasteiger partial charge in [0.2, 0.25) is 5.09 Å². The molecular weight excluding hydrogens is 486 g/mol. The molecular formula is C20H13ClF2N2O5S2. The SMILES string of the molecule is O=S(=O)(Nc1cc(Cl)ccc1NS(=O)(=O)c1c(F)cccc1F)c1cc2ccccc2o1. The number of nitrogens with one attached hydrogen (secondary N) is 2. The average molecular weight is 499 g/mol. The number of fused-ring (bicyclic) bond motifs is 1. The van der Waals surface area contributed by atoms with Crippen molar-refractivity contribution in [1.29, 1.82) is 0 Å². The molecule has 32 heavy (non-hydrogen) atoms. The van der Waals surface area contributed by atoms with Gasteiger partial charge in [-0.3, -0.25) is 9.44 Å². The summed E-state index contributed by atoms with van der Waals surface area (Å²) in [5, 5.41) is 0.190. The lowest BCUT2D eigenvalue weighted by Crippen LogP contribution is -2.19. The maximum Gasteiger partial charge on any atom is 0.295 e. The average Bonchev–Trinajstić information content (AvgIpc) is 3.15. The molecule has 0 saturated carbocycles. The zero-order chi connectivity index (χ0) is 23.1. The first kappa shape index (κ1) is 22.1. The highest BCUT2D eigenvalue weighted by Crippen LogP contribution is 2.32. The number of hydrogen-bond acceptors (Lipinski definition) is 5. The van der Waals surface area contributed by atoms with Gasteiger partial charge in [-0.1, -0.05) is 35.9 Å². The normalized spacial score (nSPS) is 12.1. The molecule has 0 amide bonds. The minimum atomic E-state index is -4.75. The standard InChI is InChI=1S/C20H13ClF2N2O5S2/c21-13-8-9-16(24-32(28,29)20-14(22)5-3-6-15(20)23)17(11-13)25-31(26,27)19-10-12-4-1-2-7-18(12)30-19/h1-11,24-25H. The van der Waals surface area contributed by atoms with E-state index in [1.54, 1.807) is 24.3 Å². The van der Waals surface area contributed by atoms with Crippen molar-refractivity contribution >= 4 is 54.0 Å². The van der Waals surface area contributed by atoms with Crippen molar-refractivity contribution in [2.24, 2.45) is 0 Å². The zero-order valence-corrected chi connectivity index (χ0v) is 18.2. The fourth-order valence-corrected chi connectivity index (χ4v) is 5.34. The summed E-state index contributed by atoms with van der Waals surface area (Å²) in [5.41, 5.74) is -0.259. The number of benzene rings is 3. The summed E-state index contributed by atoms with van der Waals surface area (Å²) >= 11 is 5.94. The Morgan fingerprint density at radius 3 is 2.09 bits per heavy atom. The molecule has 0 bridgehead atoms. The monoisotopic (exact) mass is 498 g/mol. The Hall–Kier alpha value is -3.15. The van der Waals surface area contributed by atoms with E-state index in [9.17, 15) is 25.6 Å². The van der Waals surface area contributed by atoms with Gasteiger partial charge in [-0.15, -0.1) is 0 Å². The van der Waals surface area contributed by atoms with Gasteiger partial charge in [0.25, 0.3) is 20.0 Å². The van der Waals surface area contributed by atoms with Gasteiger partial charge in [0.1, 0.15) is 17.2 Å². The molecule has 0 unspecified atom stereocenters. The molecule has 0 saturated heterocycles. The second-order valence-electron chi connectivity index (χ2n) is 6.55. The van der Waals surface area contributed by atoms with Crippen LogP contribution in [-0.2, 0) is 20.0 Å². The first-order valence-corrected chi connectivity index (χ1v) is 12.2. The van der Waals surface area contributed by atoms with Crippen LogP contribution in [0.1, 0.15) is 0 Å². The van der Waals surface area contributed by atoms with Crippen molar-refractivity contribution in [3.05, 3.63) is 83.4 Å². The first-order valence-electron chi connectivity index (χ1n) is 8.85. The Labute approximate surface area is 186 Å². The highest BCUT2D eigenvalue weighted by molar-refractivity contribution is 7.93. The molecule has 4 rings (SSSR count). The molecule has 7 nitrogen and oxygen atoms in total. The van der Waals surface area contributed by atoms with Crippen LogP contribution in [0.25, 0.3) is 11.0 Å². The summed E-state index contributed by atoms with van der Waals surface area (Å²) in [5.74, 6) is -2.62. The maximum absolute atomic E-state index is 14.0. The molecule has 0 aliphatic rings. The van der Waals surface area contributed by atoms with E-state index in [-0.39, 0.29) is 16.4 Å². The van der Waals surface area contributed by atoms with Crippen LogP contribution in [0.4, 0.5) is 20.2 Å². The molecule has 0 radical (unpaired) electrons. The van der Waals surface area contributed by atoms with Crippen LogP contribution in [0, 0.1) is 11.6 Å². The van der Waals surface area contributed by atoms with E-state index >= 15 is 0 Å². The molecule has 1 aromatic heterocycles. The van der Waals surface area contributed by atoms with E-state index in [0.717, 1.165) is 30.3 Å². The third-order valence-corrected chi connectivity index (χ3v) is 7.20. The number of furan rings is 1. The van der Waals surface area contributed by atoms with Crippen molar-refractivity contribution in [3.63, 3.8) is 0 Å². The van der Waals surface area contributed by atoms with E-state index in [2.05, 4.69) is 4.72 Å². The summed E-state index contributed by atoms with van der Waals surface area (Å²) in [6.07, 6.45) is 0. The summed E-state index contributed by atoms with van der Waals surface area (Å²) in [6.45, 7) is 0. The van der Waals surface area contributed by atoms with Crippen LogP contribution in [0.15, 0.2) is 81.1 Å². The van der Waals surface area contributed by atoms with Gasteiger partial charge in [0.05, 0.1) is 11.4 Å². The lowest BCUT2D eigenvalue weighted by molar-refractivity contribution is 0.484. The van der Waals surface area contributed by atoms with Gasteiger partial charge in [-0.25, -0.2) is 17.2 Å². The lowest BCUT2D eigenvalue weighted by atomic mass is 10.3. The fourth-order valence-electron chi connectivity index (χ4n) is 2.91. The van der Waals surface area contributed by atoms with Gasteiger partial charge < -0.3 is 4.42 Å². The number of rotatable bonds is 6. The Morgan fingerprint density at radius 2 is 1.41 bits per heavy atom. The van der Waals surface area contributed by atoms with Crippen LogP contribution < -0.4 is 9.44 Å². The first-order chi connectivity index (χ1) is 15.1. The predicted octanol–water partition coefficient (Wildman–Crippen LogP) is 4.97. The van der Waals surface area contributed by atoms with Crippen molar-refractivity contribution in [2.75, 3.05) is 9.44 Å². The van der Waals surface area contributed by atoms with Crippen molar-refractivity contribution < 1.29 is 30.0 Å². The summed E-state index contributed by atoms with van der Waals surface area (Å²) < 4.78 is 88.4. The minimum absolute atomic E-state index is 0.0762. The van der Waals surface area contributed by atoms with Crippen molar-refractivity contribution in [2.45, 2.75) is 9.99 Å². The molecule has 1 heterocycles. The van der Waals surface area contributed by atoms with Gasteiger partial charge in [-0.05, 0) is 36.4 Å². The zero-order valence-electron chi connectivity index (χ0n) is 15.8. The molecule has 0 atom stereocenters. The lowest BCUT2D eigenvalue weighted by Gasteiger charge is -2.15. The van der Waals surface area contributed by atoms with Crippen molar-refractivity contribution in [1.82, 2.24) is 0 Å². The number of para-hydroxylation sites is 1. The third kappa shape index (κ3) is 4.27. The number of anilines is 2. The molecule has 0 fully saturated rings. The van der Waals surface area contributed by atoms with Crippen LogP contribution in [0.3, 0.4) is 0 Å². The quantitative estimate of drug-likeness (QED) is 0.390. The Morgan fingerprint density at radius 1 is 0.750 bits per heavy atom. The van der Waals surface area contributed by atoms with Crippen LogP contribution in [-0.4, -0.2) is 16.8 Å². The Kier molecular flexibility index (Phi) is 5.57. The van der Waals surface area contributed by atoms with Gasteiger partial charge in [-0.2, -0.15) is 8.42 Å². The van der Waals surface area contributed by atoms with E-state index in [0.29, 0.717) is 11.0 Å². The van der Waals surface area contributed by atoms with Gasteiger partial charge in [0, 0.05) is 16.5 Å². The Balaban J connectivity index is 1.73. The van der Waals surface area contributed by atoms with E-state index in [1.807, 2.05) is 4.72 Å². The molecule has 0 aliphatic heterocycles. The van der Waals surface area contributed by atoms with Crippen LogP contribution >= 0.6 is 11.6 Å². The largest absolute Gasteiger partial charge is 0.443 e. The molecule has 2 N–H and O–H groups in total. The molecule has 0 aliphatic carbocycles. The topological polar surface area (TPSA) is 105 Å². The summed E-state index contributed by atoms with van der Waals surface area (Å²) in [4.78, 5) is -1.21. The Bertz CT molecular complexity index is 1500. The fraction of sp³-hybridized carbons (Fsp3) is 0. The predicted molar refractivity (Wildman–Crippen MR) is 116 cm³/mol. The van der Waals surface area contributed by atoms with Gasteiger partial charge >= 0.3 is 0 Å². The minimum Gasteiger partial charge on any atom is -0.443 e.